The van der Waals surface area contributed by atoms with E-state index in [2.05, 4.69) is 45.0 Å². The van der Waals surface area contributed by atoms with Crippen LogP contribution in [0.1, 0.15) is 17.1 Å². The second kappa shape index (κ2) is 4.94. The zero-order chi connectivity index (χ0) is 12.4. The molecule has 0 aliphatic heterocycles. The molecule has 0 radical (unpaired) electrons. The van der Waals surface area contributed by atoms with Crippen molar-refractivity contribution in [3.8, 4) is 11.3 Å². The Hall–Kier alpha value is -1.26. The number of halogens is 1. The van der Waals surface area contributed by atoms with Crippen LogP contribution in [0, 0.1) is 13.8 Å². The highest BCUT2D eigenvalue weighted by Gasteiger charge is 2.07. The summed E-state index contributed by atoms with van der Waals surface area (Å²) in [7, 11) is 0. The molecule has 1 aromatic heterocycles. The molecule has 3 nitrogen and oxygen atoms in total. The monoisotopic (exact) mass is 291 g/mol. The Morgan fingerprint density at radius 1 is 1.18 bits per heavy atom. The molecule has 0 fully saturated rings. The molecule has 88 valence electrons. The number of nitrogens with two attached hydrogens (primary N) is 1. The quantitative estimate of drug-likeness (QED) is 0.925. The first-order chi connectivity index (χ1) is 8.10. The molecule has 2 aromatic rings. The summed E-state index contributed by atoms with van der Waals surface area (Å²) in [6, 6.07) is 8.11. The molecular formula is C13H14BrN3. The van der Waals surface area contributed by atoms with Crippen LogP contribution < -0.4 is 5.73 Å². The fraction of sp³-hybridized carbons (Fsp3) is 0.231. The van der Waals surface area contributed by atoms with Gasteiger partial charge in [-0.1, -0.05) is 22.0 Å². The van der Waals surface area contributed by atoms with Crippen LogP contribution in [-0.2, 0) is 6.54 Å². The molecule has 0 saturated heterocycles. The Balaban J connectivity index is 2.59. The lowest BCUT2D eigenvalue weighted by atomic mass is 10.1. The fourth-order valence-electron chi connectivity index (χ4n) is 1.74. The smallest absolute Gasteiger partial charge is 0.126 e. The van der Waals surface area contributed by atoms with Gasteiger partial charge in [-0.15, -0.1) is 0 Å². The maximum Gasteiger partial charge on any atom is 0.126 e. The maximum atomic E-state index is 5.63. The number of benzene rings is 1. The predicted octanol–water partition coefficient (Wildman–Crippen LogP) is 2.98. The van der Waals surface area contributed by atoms with Crippen molar-refractivity contribution in [3.05, 3.63) is 45.8 Å². The van der Waals surface area contributed by atoms with Gasteiger partial charge in [0.05, 0.1) is 11.4 Å². The largest absolute Gasteiger partial charge is 0.325 e. The van der Waals surface area contributed by atoms with Gasteiger partial charge < -0.3 is 5.73 Å². The molecule has 0 bridgehead atoms. The van der Waals surface area contributed by atoms with Crippen LogP contribution in [0.25, 0.3) is 11.3 Å². The van der Waals surface area contributed by atoms with E-state index < -0.39 is 0 Å². The van der Waals surface area contributed by atoms with Crippen LogP contribution in [0.3, 0.4) is 0 Å². The molecule has 1 aromatic carbocycles. The molecule has 4 heteroatoms. The lowest BCUT2D eigenvalue weighted by Crippen LogP contribution is -2.03. The summed E-state index contributed by atoms with van der Waals surface area (Å²) in [5.41, 5.74) is 9.73. The van der Waals surface area contributed by atoms with Crippen molar-refractivity contribution in [2.75, 3.05) is 0 Å². The highest BCUT2D eigenvalue weighted by molar-refractivity contribution is 9.10. The third-order valence-corrected chi connectivity index (χ3v) is 3.07. The summed E-state index contributed by atoms with van der Waals surface area (Å²) < 4.78 is 1.05. The number of nitrogens with zero attached hydrogens (tertiary/aromatic N) is 2. The molecule has 0 aliphatic rings. The number of hydrogen-bond acceptors (Lipinski definition) is 3. The molecular weight excluding hydrogens is 278 g/mol. The van der Waals surface area contributed by atoms with Crippen molar-refractivity contribution in [1.82, 2.24) is 9.97 Å². The minimum Gasteiger partial charge on any atom is -0.325 e. The zero-order valence-corrected chi connectivity index (χ0v) is 11.5. The highest BCUT2D eigenvalue weighted by atomic mass is 79.9. The first kappa shape index (κ1) is 12.2. The van der Waals surface area contributed by atoms with Crippen molar-refractivity contribution < 1.29 is 0 Å². The van der Waals surface area contributed by atoms with Gasteiger partial charge in [0.25, 0.3) is 0 Å². The van der Waals surface area contributed by atoms with Gasteiger partial charge in [0, 0.05) is 16.6 Å². The van der Waals surface area contributed by atoms with Crippen LogP contribution in [0.5, 0.6) is 0 Å². The van der Waals surface area contributed by atoms with Gasteiger partial charge >= 0.3 is 0 Å². The third kappa shape index (κ3) is 2.70. The van der Waals surface area contributed by atoms with Gasteiger partial charge in [-0.25, -0.2) is 9.97 Å². The third-order valence-electron chi connectivity index (χ3n) is 2.58. The van der Waals surface area contributed by atoms with E-state index in [1.165, 1.54) is 5.56 Å². The minimum atomic E-state index is 0.434. The van der Waals surface area contributed by atoms with Crippen molar-refractivity contribution in [3.63, 3.8) is 0 Å². The van der Waals surface area contributed by atoms with Crippen molar-refractivity contribution in [2.24, 2.45) is 5.73 Å². The van der Waals surface area contributed by atoms with Crippen LogP contribution in [0.15, 0.2) is 28.7 Å². The van der Waals surface area contributed by atoms with E-state index in [9.17, 15) is 0 Å². The first-order valence-electron chi connectivity index (χ1n) is 5.41. The van der Waals surface area contributed by atoms with Crippen molar-refractivity contribution in [2.45, 2.75) is 20.4 Å². The fourth-order valence-corrected chi connectivity index (χ4v) is 2.10. The number of aromatic nitrogens is 2. The van der Waals surface area contributed by atoms with E-state index in [-0.39, 0.29) is 0 Å². The van der Waals surface area contributed by atoms with E-state index in [1.807, 2.05) is 19.1 Å². The van der Waals surface area contributed by atoms with Crippen molar-refractivity contribution >= 4 is 15.9 Å². The van der Waals surface area contributed by atoms with E-state index in [0.29, 0.717) is 6.54 Å². The topological polar surface area (TPSA) is 51.8 Å². The lowest BCUT2D eigenvalue weighted by Gasteiger charge is -2.08. The number of rotatable bonds is 2. The molecule has 2 N–H and O–H groups in total. The normalized spacial score (nSPS) is 10.6. The SMILES string of the molecule is Cc1nc(CN)cc(-c2cc(Br)ccc2C)n1. The second-order valence-electron chi connectivity index (χ2n) is 3.96. The summed E-state index contributed by atoms with van der Waals surface area (Å²) in [5, 5.41) is 0. The summed E-state index contributed by atoms with van der Waals surface area (Å²) in [6.07, 6.45) is 0. The molecule has 17 heavy (non-hydrogen) atoms. The summed E-state index contributed by atoms with van der Waals surface area (Å²) >= 11 is 3.48. The molecule has 0 unspecified atom stereocenters. The molecule has 2 rings (SSSR count). The van der Waals surface area contributed by atoms with E-state index >= 15 is 0 Å². The molecule has 0 saturated carbocycles. The average Bonchev–Trinajstić information content (AvgIpc) is 2.31. The number of aryl methyl sites for hydroxylation is 2. The van der Waals surface area contributed by atoms with Gasteiger partial charge in [-0.05, 0) is 37.6 Å². The summed E-state index contributed by atoms with van der Waals surface area (Å²) in [6.45, 7) is 4.39. The Kier molecular flexibility index (Phi) is 3.54. The Morgan fingerprint density at radius 3 is 2.65 bits per heavy atom. The van der Waals surface area contributed by atoms with Gasteiger partial charge in [0.1, 0.15) is 5.82 Å². The number of hydrogen-bond donors (Lipinski definition) is 1. The molecule has 1 heterocycles. The van der Waals surface area contributed by atoms with Crippen LogP contribution in [0.4, 0.5) is 0 Å². The molecule has 0 spiro atoms. The van der Waals surface area contributed by atoms with E-state index in [0.717, 1.165) is 27.2 Å². The first-order valence-corrected chi connectivity index (χ1v) is 6.20. The van der Waals surface area contributed by atoms with Crippen molar-refractivity contribution in [1.29, 1.82) is 0 Å². The van der Waals surface area contributed by atoms with E-state index in [4.69, 9.17) is 5.73 Å². The Bertz CT molecular complexity index is 552. The van der Waals surface area contributed by atoms with Gasteiger partial charge in [0.15, 0.2) is 0 Å². The molecule has 0 amide bonds. The van der Waals surface area contributed by atoms with Crippen LogP contribution in [-0.4, -0.2) is 9.97 Å². The van der Waals surface area contributed by atoms with Gasteiger partial charge in [-0.3, -0.25) is 0 Å². The van der Waals surface area contributed by atoms with E-state index in [1.54, 1.807) is 0 Å². The maximum absolute atomic E-state index is 5.63. The Morgan fingerprint density at radius 2 is 1.94 bits per heavy atom. The molecule has 0 atom stereocenters. The zero-order valence-electron chi connectivity index (χ0n) is 9.87. The van der Waals surface area contributed by atoms with Gasteiger partial charge in [0.2, 0.25) is 0 Å². The molecule has 0 aliphatic carbocycles. The van der Waals surface area contributed by atoms with Crippen LogP contribution in [0.2, 0.25) is 0 Å². The van der Waals surface area contributed by atoms with Crippen LogP contribution >= 0.6 is 15.9 Å². The van der Waals surface area contributed by atoms with Gasteiger partial charge in [-0.2, -0.15) is 0 Å². The summed E-state index contributed by atoms with van der Waals surface area (Å²) in [5.74, 6) is 0.752. The second-order valence-corrected chi connectivity index (χ2v) is 4.87. The lowest BCUT2D eigenvalue weighted by molar-refractivity contribution is 0.929. The highest BCUT2D eigenvalue weighted by Crippen LogP contribution is 2.25. The average molecular weight is 292 g/mol. The Labute approximate surface area is 109 Å². The summed E-state index contributed by atoms with van der Waals surface area (Å²) in [4.78, 5) is 8.75. The minimum absolute atomic E-state index is 0.434. The predicted molar refractivity (Wildman–Crippen MR) is 72.5 cm³/mol. The standard InChI is InChI=1S/C13H14BrN3/c1-8-3-4-10(14)5-12(8)13-6-11(7-15)16-9(2)17-13/h3-6H,7,15H2,1-2H3.